The molecular formula is C31H38N4O4. The van der Waals surface area contributed by atoms with Gasteiger partial charge in [-0.25, -0.2) is 0 Å². The Morgan fingerprint density at radius 1 is 0.897 bits per heavy atom. The molecule has 3 aromatic rings. The second-order valence-electron chi connectivity index (χ2n) is 10.7. The molecule has 6 rings (SSSR count). The molecule has 8 nitrogen and oxygen atoms in total. The molecule has 39 heavy (non-hydrogen) atoms. The molecule has 2 atom stereocenters. The van der Waals surface area contributed by atoms with Crippen LogP contribution in [0, 0.1) is 5.92 Å². The van der Waals surface area contributed by atoms with Crippen LogP contribution in [-0.2, 0) is 22.5 Å². The van der Waals surface area contributed by atoms with Crippen molar-refractivity contribution in [3.63, 3.8) is 0 Å². The Morgan fingerprint density at radius 3 is 2.44 bits per heavy atom. The summed E-state index contributed by atoms with van der Waals surface area (Å²) in [6.45, 7) is 5.12. The maximum Gasteiger partial charge on any atom is 0.230 e. The first-order valence-corrected chi connectivity index (χ1v) is 14.1. The fraction of sp³-hybridized carbons (Fsp3) is 0.484. The van der Waals surface area contributed by atoms with Gasteiger partial charge in [-0.15, -0.1) is 0 Å². The molecule has 1 saturated carbocycles. The molecule has 0 unspecified atom stereocenters. The number of morpholine rings is 1. The Balaban J connectivity index is 1.27. The SMILES string of the molecule is COc1ccc(COc2cc(N3CCOCC3)nc(N3CC[C@@H](OCC4CC4)[C@@H]3Cc3ccccc3)n2)cc1. The average Bonchev–Trinajstić information content (AvgIpc) is 3.75. The minimum Gasteiger partial charge on any atom is -0.497 e. The first-order valence-electron chi connectivity index (χ1n) is 14.1. The van der Waals surface area contributed by atoms with E-state index in [2.05, 4.69) is 40.1 Å². The summed E-state index contributed by atoms with van der Waals surface area (Å²) in [7, 11) is 1.67. The molecule has 0 radical (unpaired) electrons. The molecule has 0 N–H and O–H groups in total. The Bertz CT molecular complexity index is 1200. The van der Waals surface area contributed by atoms with E-state index in [9.17, 15) is 0 Å². The lowest BCUT2D eigenvalue weighted by Gasteiger charge is -2.31. The number of aromatic nitrogens is 2. The van der Waals surface area contributed by atoms with Crippen molar-refractivity contribution in [2.24, 2.45) is 5.92 Å². The highest BCUT2D eigenvalue weighted by Gasteiger charge is 2.38. The third-order valence-electron chi connectivity index (χ3n) is 7.83. The van der Waals surface area contributed by atoms with Crippen LogP contribution in [0.25, 0.3) is 0 Å². The quantitative estimate of drug-likeness (QED) is 0.359. The van der Waals surface area contributed by atoms with Crippen LogP contribution in [0.4, 0.5) is 11.8 Å². The topological polar surface area (TPSA) is 69.2 Å². The number of hydrogen-bond donors (Lipinski definition) is 0. The van der Waals surface area contributed by atoms with Crippen molar-refractivity contribution in [1.82, 2.24) is 9.97 Å². The van der Waals surface area contributed by atoms with Crippen LogP contribution in [0.3, 0.4) is 0 Å². The third kappa shape index (κ3) is 6.62. The lowest BCUT2D eigenvalue weighted by atomic mass is 10.0. The lowest BCUT2D eigenvalue weighted by Crippen LogP contribution is -2.40. The fourth-order valence-electron chi connectivity index (χ4n) is 5.35. The van der Waals surface area contributed by atoms with Crippen molar-refractivity contribution in [3.05, 3.63) is 71.8 Å². The second kappa shape index (κ2) is 12.2. The van der Waals surface area contributed by atoms with Crippen LogP contribution in [-0.4, -0.2) is 68.7 Å². The number of ether oxygens (including phenoxy) is 4. The van der Waals surface area contributed by atoms with E-state index >= 15 is 0 Å². The van der Waals surface area contributed by atoms with Crippen LogP contribution in [0.15, 0.2) is 60.7 Å². The van der Waals surface area contributed by atoms with Gasteiger partial charge in [-0.05, 0) is 54.9 Å². The zero-order valence-electron chi connectivity index (χ0n) is 22.7. The van der Waals surface area contributed by atoms with Gasteiger partial charge in [-0.1, -0.05) is 42.5 Å². The van der Waals surface area contributed by atoms with E-state index in [0.29, 0.717) is 31.6 Å². The van der Waals surface area contributed by atoms with E-state index < -0.39 is 0 Å². The van der Waals surface area contributed by atoms with Crippen molar-refractivity contribution in [2.75, 3.05) is 56.4 Å². The van der Waals surface area contributed by atoms with E-state index in [1.165, 1.54) is 18.4 Å². The van der Waals surface area contributed by atoms with Gasteiger partial charge in [0.25, 0.3) is 0 Å². The van der Waals surface area contributed by atoms with Crippen molar-refractivity contribution in [1.29, 1.82) is 0 Å². The summed E-state index contributed by atoms with van der Waals surface area (Å²) < 4.78 is 23.6. The van der Waals surface area contributed by atoms with E-state index in [4.69, 9.17) is 28.9 Å². The van der Waals surface area contributed by atoms with Gasteiger partial charge in [0.05, 0.1) is 32.5 Å². The summed E-state index contributed by atoms with van der Waals surface area (Å²) in [5.41, 5.74) is 2.36. The highest BCUT2D eigenvalue weighted by atomic mass is 16.5. The van der Waals surface area contributed by atoms with E-state index in [-0.39, 0.29) is 12.1 Å². The number of anilines is 2. The molecule has 3 aliphatic rings. The Morgan fingerprint density at radius 2 is 1.69 bits per heavy atom. The number of methoxy groups -OCH3 is 1. The molecule has 1 aliphatic carbocycles. The Kier molecular flexibility index (Phi) is 8.11. The molecule has 0 amide bonds. The number of nitrogens with zero attached hydrogens (tertiary/aromatic N) is 4. The summed E-state index contributed by atoms with van der Waals surface area (Å²) in [5.74, 6) is 3.74. The van der Waals surface area contributed by atoms with Crippen LogP contribution >= 0.6 is 0 Å². The predicted octanol–water partition coefficient (Wildman–Crippen LogP) is 4.52. The van der Waals surface area contributed by atoms with Gasteiger partial charge in [0.2, 0.25) is 11.8 Å². The summed E-state index contributed by atoms with van der Waals surface area (Å²) in [6, 6.07) is 20.7. The van der Waals surface area contributed by atoms with E-state index in [1.807, 2.05) is 30.3 Å². The number of benzene rings is 2. The van der Waals surface area contributed by atoms with Crippen LogP contribution in [0.2, 0.25) is 0 Å². The third-order valence-corrected chi connectivity index (χ3v) is 7.83. The van der Waals surface area contributed by atoms with Crippen LogP contribution in [0.5, 0.6) is 11.6 Å². The van der Waals surface area contributed by atoms with Gasteiger partial charge >= 0.3 is 0 Å². The molecule has 2 aromatic carbocycles. The molecule has 0 spiro atoms. The molecule has 3 heterocycles. The maximum atomic E-state index is 6.50. The highest BCUT2D eigenvalue weighted by molar-refractivity contribution is 5.50. The molecule has 3 fully saturated rings. The van der Waals surface area contributed by atoms with E-state index in [1.54, 1.807) is 7.11 Å². The van der Waals surface area contributed by atoms with Gasteiger partial charge in [-0.2, -0.15) is 9.97 Å². The molecule has 1 aromatic heterocycles. The van der Waals surface area contributed by atoms with Crippen LogP contribution in [0.1, 0.15) is 30.4 Å². The first-order chi connectivity index (χ1) is 19.2. The second-order valence-corrected chi connectivity index (χ2v) is 10.7. The smallest absolute Gasteiger partial charge is 0.230 e. The first kappa shape index (κ1) is 25.9. The van der Waals surface area contributed by atoms with Gasteiger partial charge in [0, 0.05) is 32.3 Å². The molecule has 2 saturated heterocycles. The fourth-order valence-corrected chi connectivity index (χ4v) is 5.35. The minimum absolute atomic E-state index is 0.158. The lowest BCUT2D eigenvalue weighted by molar-refractivity contribution is 0.0406. The summed E-state index contributed by atoms with van der Waals surface area (Å²) in [6.07, 6.45) is 4.60. The maximum absolute atomic E-state index is 6.50. The zero-order chi connectivity index (χ0) is 26.4. The monoisotopic (exact) mass is 530 g/mol. The molecule has 206 valence electrons. The Hall–Kier alpha value is -3.36. The minimum atomic E-state index is 0.158. The molecule has 2 aliphatic heterocycles. The number of hydrogen-bond acceptors (Lipinski definition) is 8. The van der Waals surface area contributed by atoms with Crippen molar-refractivity contribution in [2.45, 2.75) is 44.4 Å². The van der Waals surface area contributed by atoms with Gasteiger partial charge in [0.1, 0.15) is 18.2 Å². The van der Waals surface area contributed by atoms with Gasteiger partial charge in [-0.3, -0.25) is 0 Å². The predicted molar refractivity (Wildman–Crippen MR) is 151 cm³/mol. The Labute approximate surface area is 230 Å². The molecule has 8 heteroatoms. The van der Waals surface area contributed by atoms with E-state index in [0.717, 1.165) is 62.1 Å². The van der Waals surface area contributed by atoms with Crippen LogP contribution < -0.4 is 19.3 Å². The average molecular weight is 531 g/mol. The van der Waals surface area contributed by atoms with Crippen molar-refractivity contribution >= 4 is 11.8 Å². The molecular weight excluding hydrogens is 492 g/mol. The normalized spacial score (nSPS) is 21.3. The summed E-state index contributed by atoms with van der Waals surface area (Å²) in [5, 5.41) is 0. The highest BCUT2D eigenvalue weighted by Crippen LogP contribution is 2.34. The molecule has 0 bridgehead atoms. The zero-order valence-corrected chi connectivity index (χ0v) is 22.7. The largest absolute Gasteiger partial charge is 0.497 e. The van der Waals surface area contributed by atoms with Gasteiger partial charge in [0.15, 0.2) is 0 Å². The standard InChI is InChI=1S/C31H38N4O4/c1-36-26-11-9-25(10-12-26)22-39-30-20-29(34-15-17-37-18-16-34)32-31(33-30)35-14-13-28(38-21-24-7-8-24)27(35)19-23-5-3-2-4-6-23/h2-6,9-12,20,24,27-28H,7-8,13-19,21-22H2,1H3/t27-,28+/m0/s1. The summed E-state index contributed by atoms with van der Waals surface area (Å²) in [4.78, 5) is 14.6. The number of rotatable bonds is 11. The summed E-state index contributed by atoms with van der Waals surface area (Å²) >= 11 is 0. The van der Waals surface area contributed by atoms with Crippen molar-refractivity contribution in [3.8, 4) is 11.6 Å². The van der Waals surface area contributed by atoms with Gasteiger partial charge < -0.3 is 28.7 Å². The van der Waals surface area contributed by atoms with Crippen molar-refractivity contribution < 1.29 is 18.9 Å².